The highest BCUT2D eigenvalue weighted by atomic mass is 35.5. The lowest BCUT2D eigenvalue weighted by Gasteiger charge is -2.20. The van der Waals surface area contributed by atoms with Gasteiger partial charge in [-0.25, -0.2) is 4.98 Å². The predicted molar refractivity (Wildman–Crippen MR) is 71.3 cm³/mol. The van der Waals surface area contributed by atoms with Crippen LogP contribution in [0.3, 0.4) is 0 Å². The van der Waals surface area contributed by atoms with Gasteiger partial charge in [0.2, 0.25) is 0 Å². The first-order chi connectivity index (χ1) is 8.31. The van der Waals surface area contributed by atoms with Gasteiger partial charge in [0.05, 0.1) is 16.9 Å². The van der Waals surface area contributed by atoms with Crippen LogP contribution in [0.1, 0.15) is 38.1 Å². The van der Waals surface area contributed by atoms with E-state index in [-0.39, 0.29) is 0 Å². The number of rotatable bonds is 2. The summed E-state index contributed by atoms with van der Waals surface area (Å²) in [6, 6.07) is 8.93. The van der Waals surface area contributed by atoms with E-state index in [4.69, 9.17) is 11.6 Å². The molecule has 0 aliphatic heterocycles. The van der Waals surface area contributed by atoms with E-state index in [0.717, 1.165) is 17.3 Å². The number of benzene rings is 1. The van der Waals surface area contributed by atoms with E-state index in [0.29, 0.717) is 11.9 Å². The van der Waals surface area contributed by atoms with E-state index < -0.39 is 0 Å². The summed E-state index contributed by atoms with van der Waals surface area (Å²) in [7, 11) is 0. The van der Waals surface area contributed by atoms with Gasteiger partial charge in [-0.1, -0.05) is 25.5 Å². The summed E-state index contributed by atoms with van der Waals surface area (Å²) in [5.74, 6) is 2.25. The predicted octanol–water partition coefficient (Wildman–Crippen LogP) is 4.14. The molecule has 0 spiro atoms. The van der Waals surface area contributed by atoms with Crippen molar-refractivity contribution in [3.05, 3.63) is 30.1 Å². The fraction of sp³-hybridized carbons (Fsp3) is 0.500. The zero-order valence-electron chi connectivity index (χ0n) is 10.1. The molecule has 0 bridgehead atoms. The summed E-state index contributed by atoms with van der Waals surface area (Å²) in [6.07, 6.45) is 3.89. The standard InChI is InChI=1S/C14H17ClN2/c1-10-5-4-8-12(10)17-13-7-3-2-6-11(13)16-14(17)9-15/h2-3,6-7,10,12H,4-5,8-9H2,1H3. The summed E-state index contributed by atoms with van der Waals surface area (Å²) in [4.78, 5) is 4.64. The minimum Gasteiger partial charge on any atom is -0.324 e. The van der Waals surface area contributed by atoms with Crippen molar-refractivity contribution in [1.82, 2.24) is 9.55 Å². The average molecular weight is 249 g/mol. The van der Waals surface area contributed by atoms with E-state index in [1.807, 2.05) is 6.07 Å². The number of hydrogen-bond donors (Lipinski definition) is 0. The van der Waals surface area contributed by atoms with E-state index in [9.17, 15) is 0 Å². The van der Waals surface area contributed by atoms with E-state index in [1.165, 1.54) is 24.8 Å². The van der Waals surface area contributed by atoms with E-state index in [2.05, 4.69) is 34.7 Å². The maximum absolute atomic E-state index is 6.05. The van der Waals surface area contributed by atoms with Crippen LogP contribution < -0.4 is 0 Å². The number of alkyl halides is 1. The van der Waals surface area contributed by atoms with Crippen LogP contribution in [-0.4, -0.2) is 9.55 Å². The molecule has 0 amide bonds. The Kier molecular flexibility index (Phi) is 2.83. The van der Waals surface area contributed by atoms with Crippen molar-refractivity contribution in [2.24, 2.45) is 5.92 Å². The molecule has 1 aliphatic carbocycles. The van der Waals surface area contributed by atoms with Crippen LogP contribution in [0.2, 0.25) is 0 Å². The molecule has 1 aromatic carbocycles. The second-order valence-electron chi connectivity index (χ2n) is 5.00. The average Bonchev–Trinajstić information content (AvgIpc) is 2.91. The summed E-state index contributed by atoms with van der Waals surface area (Å²) < 4.78 is 2.38. The molecule has 0 radical (unpaired) electrons. The van der Waals surface area contributed by atoms with Crippen LogP contribution in [0.15, 0.2) is 24.3 Å². The first kappa shape index (κ1) is 11.1. The van der Waals surface area contributed by atoms with Crippen LogP contribution in [0.25, 0.3) is 11.0 Å². The Balaban J connectivity index is 2.18. The van der Waals surface area contributed by atoms with Gasteiger partial charge in [0, 0.05) is 6.04 Å². The van der Waals surface area contributed by atoms with Crippen molar-refractivity contribution in [2.75, 3.05) is 0 Å². The fourth-order valence-corrected chi connectivity index (χ4v) is 3.26. The van der Waals surface area contributed by atoms with Gasteiger partial charge in [0.1, 0.15) is 5.82 Å². The third-order valence-electron chi connectivity index (χ3n) is 3.94. The number of imidazole rings is 1. The highest BCUT2D eigenvalue weighted by Crippen LogP contribution is 2.38. The van der Waals surface area contributed by atoms with Crippen LogP contribution in [-0.2, 0) is 5.88 Å². The molecular weight excluding hydrogens is 232 g/mol. The highest BCUT2D eigenvalue weighted by molar-refractivity contribution is 6.16. The Morgan fingerprint density at radius 2 is 2.18 bits per heavy atom. The molecule has 2 nitrogen and oxygen atoms in total. The van der Waals surface area contributed by atoms with Crippen LogP contribution in [0.5, 0.6) is 0 Å². The SMILES string of the molecule is CC1CCCC1n1c(CCl)nc2ccccc21. The lowest BCUT2D eigenvalue weighted by atomic mass is 10.1. The lowest BCUT2D eigenvalue weighted by molar-refractivity contribution is 0.408. The molecule has 2 atom stereocenters. The minimum absolute atomic E-state index is 0.498. The number of nitrogens with zero attached hydrogens (tertiary/aromatic N) is 2. The third-order valence-corrected chi connectivity index (χ3v) is 4.18. The lowest BCUT2D eigenvalue weighted by Crippen LogP contribution is -2.14. The Labute approximate surface area is 107 Å². The molecule has 2 unspecified atom stereocenters. The van der Waals surface area contributed by atoms with E-state index in [1.54, 1.807) is 0 Å². The number of fused-ring (bicyclic) bond motifs is 1. The Morgan fingerprint density at radius 1 is 1.35 bits per heavy atom. The number of hydrogen-bond acceptors (Lipinski definition) is 1. The van der Waals surface area contributed by atoms with Gasteiger partial charge in [-0.2, -0.15) is 0 Å². The molecule has 1 heterocycles. The molecule has 0 N–H and O–H groups in total. The number of para-hydroxylation sites is 2. The topological polar surface area (TPSA) is 17.8 Å². The van der Waals surface area contributed by atoms with E-state index >= 15 is 0 Å². The summed E-state index contributed by atoms with van der Waals surface area (Å²) in [5.41, 5.74) is 2.31. The maximum atomic E-state index is 6.05. The fourth-order valence-electron chi connectivity index (χ4n) is 3.07. The monoisotopic (exact) mass is 248 g/mol. The molecule has 0 saturated heterocycles. The van der Waals surface area contributed by atoms with Gasteiger partial charge in [0.25, 0.3) is 0 Å². The van der Waals surface area contributed by atoms with Crippen molar-refractivity contribution in [1.29, 1.82) is 0 Å². The van der Waals surface area contributed by atoms with Gasteiger partial charge in [-0.05, 0) is 30.9 Å². The number of aromatic nitrogens is 2. The molecule has 1 saturated carbocycles. The zero-order valence-corrected chi connectivity index (χ0v) is 10.8. The molecule has 3 heteroatoms. The maximum Gasteiger partial charge on any atom is 0.125 e. The molecule has 90 valence electrons. The Hall–Kier alpha value is -1.02. The van der Waals surface area contributed by atoms with Crippen molar-refractivity contribution in [2.45, 2.75) is 38.1 Å². The molecule has 3 rings (SSSR count). The van der Waals surface area contributed by atoms with Gasteiger partial charge in [-0.15, -0.1) is 11.6 Å². The Bertz CT molecular complexity index is 532. The van der Waals surface area contributed by atoms with Crippen molar-refractivity contribution >= 4 is 22.6 Å². The normalized spacial score (nSPS) is 24.6. The van der Waals surface area contributed by atoms with Gasteiger partial charge < -0.3 is 4.57 Å². The third kappa shape index (κ3) is 1.75. The second-order valence-corrected chi connectivity index (χ2v) is 5.26. The summed E-state index contributed by atoms with van der Waals surface area (Å²) in [6.45, 7) is 2.34. The van der Waals surface area contributed by atoms with Gasteiger partial charge in [-0.3, -0.25) is 0 Å². The first-order valence-electron chi connectivity index (χ1n) is 6.33. The highest BCUT2D eigenvalue weighted by Gasteiger charge is 2.27. The zero-order chi connectivity index (χ0) is 11.8. The smallest absolute Gasteiger partial charge is 0.125 e. The van der Waals surface area contributed by atoms with Crippen LogP contribution in [0.4, 0.5) is 0 Å². The quantitative estimate of drug-likeness (QED) is 0.731. The van der Waals surface area contributed by atoms with Crippen molar-refractivity contribution in [3.8, 4) is 0 Å². The summed E-state index contributed by atoms with van der Waals surface area (Å²) >= 11 is 6.05. The molecule has 2 aromatic rings. The minimum atomic E-state index is 0.498. The van der Waals surface area contributed by atoms with Gasteiger partial charge in [0.15, 0.2) is 0 Å². The summed E-state index contributed by atoms with van der Waals surface area (Å²) in [5, 5.41) is 0. The molecule has 1 aliphatic rings. The molecule has 1 fully saturated rings. The molecular formula is C14H17ClN2. The largest absolute Gasteiger partial charge is 0.324 e. The van der Waals surface area contributed by atoms with Gasteiger partial charge >= 0.3 is 0 Å². The van der Waals surface area contributed by atoms with Crippen LogP contribution in [0, 0.1) is 5.92 Å². The second kappa shape index (κ2) is 4.34. The number of halogens is 1. The van der Waals surface area contributed by atoms with Crippen molar-refractivity contribution in [3.63, 3.8) is 0 Å². The molecule has 17 heavy (non-hydrogen) atoms. The van der Waals surface area contributed by atoms with Crippen molar-refractivity contribution < 1.29 is 0 Å². The van der Waals surface area contributed by atoms with Crippen LogP contribution >= 0.6 is 11.6 Å². The Morgan fingerprint density at radius 3 is 2.88 bits per heavy atom. The molecule has 1 aromatic heterocycles. The first-order valence-corrected chi connectivity index (χ1v) is 6.86.